The van der Waals surface area contributed by atoms with Crippen LogP contribution in [0, 0.1) is 6.92 Å². The Balaban J connectivity index is 1.71. The smallest absolute Gasteiger partial charge is 0.228 e. The van der Waals surface area contributed by atoms with E-state index in [4.69, 9.17) is 0 Å². The molecule has 0 bridgehead atoms. The first-order valence-corrected chi connectivity index (χ1v) is 7.89. The topological polar surface area (TPSA) is 32.3 Å². The summed E-state index contributed by atoms with van der Waals surface area (Å²) in [6.45, 7) is 6.29. The summed E-state index contributed by atoms with van der Waals surface area (Å²) < 4.78 is 0. The maximum atomic E-state index is 12.3. The molecule has 2 aromatic carbocycles. The fourth-order valence-electron chi connectivity index (χ4n) is 3.04. The van der Waals surface area contributed by atoms with E-state index in [-0.39, 0.29) is 5.91 Å². The number of likely N-dealkylation sites (N-methyl/N-ethyl adjacent to an activating group) is 1. The summed E-state index contributed by atoms with van der Waals surface area (Å²) >= 11 is 0. The van der Waals surface area contributed by atoms with E-state index in [1.807, 2.05) is 37.3 Å². The van der Waals surface area contributed by atoms with E-state index in [0.29, 0.717) is 6.42 Å². The number of nitrogens with zero attached hydrogens (tertiary/aromatic N) is 1. The van der Waals surface area contributed by atoms with E-state index in [9.17, 15) is 4.79 Å². The zero-order valence-electron chi connectivity index (χ0n) is 13.2. The van der Waals surface area contributed by atoms with E-state index in [0.717, 1.165) is 36.3 Å². The van der Waals surface area contributed by atoms with Crippen molar-refractivity contribution in [1.29, 1.82) is 0 Å². The summed E-state index contributed by atoms with van der Waals surface area (Å²) in [5.74, 6) is 0.0373. The summed E-state index contributed by atoms with van der Waals surface area (Å²) in [4.78, 5) is 14.6. The first kappa shape index (κ1) is 14.6. The van der Waals surface area contributed by atoms with Gasteiger partial charge in [0, 0.05) is 24.5 Å². The zero-order valence-corrected chi connectivity index (χ0v) is 13.2. The Morgan fingerprint density at radius 2 is 2.05 bits per heavy atom. The second-order valence-corrected chi connectivity index (χ2v) is 5.82. The molecule has 0 atom stereocenters. The first-order valence-electron chi connectivity index (χ1n) is 7.89. The van der Waals surface area contributed by atoms with Gasteiger partial charge in [-0.3, -0.25) is 4.79 Å². The number of carbonyl (C=O) groups is 1. The Bertz CT molecular complexity index is 694. The molecule has 3 heteroatoms. The average molecular weight is 294 g/mol. The minimum Gasteiger partial charge on any atom is -0.371 e. The van der Waals surface area contributed by atoms with Gasteiger partial charge in [-0.15, -0.1) is 0 Å². The van der Waals surface area contributed by atoms with Crippen LogP contribution in [0.5, 0.6) is 0 Å². The minimum atomic E-state index is 0.0373. The SMILES string of the molecule is CCN1CCc2ccc(NC(=O)Cc3ccccc3C)cc21. The zero-order chi connectivity index (χ0) is 15.5. The molecule has 0 spiro atoms. The number of carbonyl (C=O) groups excluding carboxylic acids is 1. The Morgan fingerprint density at radius 1 is 1.23 bits per heavy atom. The summed E-state index contributed by atoms with van der Waals surface area (Å²) in [5, 5.41) is 3.03. The number of anilines is 2. The molecule has 3 rings (SSSR count). The summed E-state index contributed by atoms with van der Waals surface area (Å²) in [6, 6.07) is 14.3. The molecule has 3 nitrogen and oxygen atoms in total. The molecule has 1 heterocycles. The predicted molar refractivity (Wildman–Crippen MR) is 91.5 cm³/mol. The van der Waals surface area contributed by atoms with E-state index < -0.39 is 0 Å². The van der Waals surface area contributed by atoms with Crippen molar-refractivity contribution < 1.29 is 4.79 Å². The molecule has 0 aromatic heterocycles. The Labute approximate surface area is 132 Å². The Kier molecular flexibility index (Phi) is 4.14. The van der Waals surface area contributed by atoms with E-state index in [1.54, 1.807) is 0 Å². The van der Waals surface area contributed by atoms with Gasteiger partial charge in [0.2, 0.25) is 5.91 Å². The van der Waals surface area contributed by atoms with Crippen molar-refractivity contribution in [3.05, 3.63) is 59.2 Å². The monoisotopic (exact) mass is 294 g/mol. The summed E-state index contributed by atoms with van der Waals surface area (Å²) in [7, 11) is 0. The Morgan fingerprint density at radius 3 is 2.82 bits per heavy atom. The average Bonchev–Trinajstić information content (AvgIpc) is 2.92. The van der Waals surface area contributed by atoms with Crippen LogP contribution in [0.4, 0.5) is 11.4 Å². The lowest BCUT2D eigenvalue weighted by atomic mass is 10.1. The highest BCUT2D eigenvalue weighted by Gasteiger charge is 2.18. The van der Waals surface area contributed by atoms with Crippen molar-refractivity contribution in [3.63, 3.8) is 0 Å². The van der Waals surface area contributed by atoms with Crippen molar-refractivity contribution in [3.8, 4) is 0 Å². The lowest BCUT2D eigenvalue weighted by Crippen LogP contribution is -2.19. The maximum Gasteiger partial charge on any atom is 0.228 e. The van der Waals surface area contributed by atoms with Gasteiger partial charge in [0.05, 0.1) is 6.42 Å². The molecule has 22 heavy (non-hydrogen) atoms. The lowest BCUT2D eigenvalue weighted by molar-refractivity contribution is -0.115. The van der Waals surface area contributed by atoms with Crippen LogP contribution in [0.3, 0.4) is 0 Å². The predicted octanol–water partition coefficient (Wildman–Crippen LogP) is 3.56. The number of aryl methyl sites for hydroxylation is 1. The maximum absolute atomic E-state index is 12.3. The van der Waals surface area contributed by atoms with Gasteiger partial charge in [-0.1, -0.05) is 30.3 Å². The standard InChI is InChI=1S/C19H22N2O/c1-3-21-11-10-15-8-9-17(13-18(15)21)20-19(22)12-16-7-5-4-6-14(16)2/h4-9,13H,3,10-12H2,1-2H3,(H,20,22). The number of hydrogen-bond donors (Lipinski definition) is 1. The summed E-state index contributed by atoms with van der Waals surface area (Å²) in [5.41, 5.74) is 5.76. The van der Waals surface area contributed by atoms with Crippen LogP contribution in [-0.4, -0.2) is 19.0 Å². The number of rotatable bonds is 4. The fourth-order valence-corrected chi connectivity index (χ4v) is 3.04. The molecule has 0 radical (unpaired) electrons. The van der Waals surface area contributed by atoms with Crippen molar-refractivity contribution in [2.75, 3.05) is 23.3 Å². The number of amides is 1. The second-order valence-electron chi connectivity index (χ2n) is 5.82. The van der Waals surface area contributed by atoms with Gasteiger partial charge >= 0.3 is 0 Å². The van der Waals surface area contributed by atoms with Crippen LogP contribution in [0.25, 0.3) is 0 Å². The van der Waals surface area contributed by atoms with Gasteiger partial charge in [0.15, 0.2) is 0 Å². The molecule has 114 valence electrons. The van der Waals surface area contributed by atoms with Crippen LogP contribution in [0.1, 0.15) is 23.6 Å². The highest BCUT2D eigenvalue weighted by atomic mass is 16.1. The van der Waals surface area contributed by atoms with Gasteiger partial charge < -0.3 is 10.2 Å². The normalized spacial score (nSPS) is 13.1. The molecule has 0 unspecified atom stereocenters. The fraction of sp³-hybridized carbons (Fsp3) is 0.316. The van der Waals surface area contributed by atoms with E-state index in [1.165, 1.54) is 11.3 Å². The second kappa shape index (κ2) is 6.22. The molecule has 1 N–H and O–H groups in total. The lowest BCUT2D eigenvalue weighted by Gasteiger charge is -2.17. The number of nitrogens with one attached hydrogen (secondary N) is 1. The molecule has 0 saturated heterocycles. The third kappa shape index (κ3) is 2.98. The largest absolute Gasteiger partial charge is 0.371 e. The van der Waals surface area contributed by atoms with Crippen LogP contribution in [-0.2, 0) is 17.6 Å². The number of fused-ring (bicyclic) bond motifs is 1. The van der Waals surface area contributed by atoms with Crippen molar-refractivity contribution in [2.24, 2.45) is 0 Å². The Hall–Kier alpha value is -2.29. The molecule has 1 aliphatic rings. The molecular formula is C19H22N2O. The van der Waals surface area contributed by atoms with Crippen molar-refractivity contribution in [1.82, 2.24) is 0 Å². The summed E-state index contributed by atoms with van der Waals surface area (Å²) in [6.07, 6.45) is 1.52. The highest BCUT2D eigenvalue weighted by Crippen LogP contribution is 2.30. The van der Waals surface area contributed by atoms with E-state index in [2.05, 4.69) is 29.3 Å². The van der Waals surface area contributed by atoms with Gasteiger partial charge in [0.1, 0.15) is 0 Å². The minimum absolute atomic E-state index is 0.0373. The van der Waals surface area contributed by atoms with Crippen LogP contribution >= 0.6 is 0 Å². The molecular weight excluding hydrogens is 272 g/mol. The highest BCUT2D eigenvalue weighted by molar-refractivity contribution is 5.93. The molecule has 2 aromatic rings. The van der Waals surface area contributed by atoms with E-state index >= 15 is 0 Å². The quantitative estimate of drug-likeness (QED) is 0.935. The number of benzene rings is 2. The van der Waals surface area contributed by atoms with Crippen LogP contribution in [0.15, 0.2) is 42.5 Å². The molecule has 1 aliphatic heterocycles. The molecule has 0 saturated carbocycles. The molecule has 1 amide bonds. The molecule has 0 fully saturated rings. The van der Waals surface area contributed by atoms with Crippen LogP contribution in [0.2, 0.25) is 0 Å². The van der Waals surface area contributed by atoms with Gasteiger partial charge in [-0.25, -0.2) is 0 Å². The van der Waals surface area contributed by atoms with Crippen LogP contribution < -0.4 is 10.2 Å². The van der Waals surface area contributed by atoms with Gasteiger partial charge in [0.25, 0.3) is 0 Å². The molecule has 0 aliphatic carbocycles. The van der Waals surface area contributed by atoms with Gasteiger partial charge in [-0.2, -0.15) is 0 Å². The first-order chi connectivity index (χ1) is 10.7. The van der Waals surface area contributed by atoms with Crippen molar-refractivity contribution >= 4 is 17.3 Å². The van der Waals surface area contributed by atoms with Gasteiger partial charge in [-0.05, 0) is 49.1 Å². The third-order valence-electron chi connectivity index (χ3n) is 4.35. The third-order valence-corrected chi connectivity index (χ3v) is 4.35. The van der Waals surface area contributed by atoms with Crippen molar-refractivity contribution in [2.45, 2.75) is 26.7 Å². The number of hydrogen-bond acceptors (Lipinski definition) is 2.